The Hall–Kier alpha value is -2.14. The van der Waals surface area contributed by atoms with Crippen LogP contribution in [0.4, 0.5) is 5.69 Å². The second-order valence-corrected chi connectivity index (χ2v) is 5.08. The van der Waals surface area contributed by atoms with E-state index in [1.54, 1.807) is 18.9 Å². The SMILES string of the molecule is Cc1onc2c1N(C)C(=O)COC2(C)c1ccccc1. The fourth-order valence-corrected chi connectivity index (χ4v) is 2.55. The molecule has 5 heteroatoms. The van der Waals surface area contributed by atoms with E-state index in [4.69, 9.17) is 9.26 Å². The first-order valence-corrected chi connectivity index (χ1v) is 6.47. The van der Waals surface area contributed by atoms with Gasteiger partial charge < -0.3 is 14.2 Å². The number of aromatic nitrogens is 1. The van der Waals surface area contributed by atoms with Crippen LogP contribution in [0.3, 0.4) is 0 Å². The van der Waals surface area contributed by atoms with Crippen LogP contribution < -0.4 is 4.90 Å². The molecule has 0 spiro atoms. The first-order valence-electron chi connectivity index (χ1n) is 6.47. The highest BCUT2D eigenvalue weighted by Gasteiger charge is 2.41. The Balaban J connectivity index is 2.22. The molecule has 3 rings (SSSR count). The molecule has 0 N–H and O–H groups in total. The van der Waals surface area contributed by atoms with Gasteiger partial charge in [0.15, 0.2) is 5.76 Å². The van der Waals surface area contributed by atoms with Crippen LogP contribution in [0.5, 0.6) is 0 Å². The van der Waals surface area contributed by atoms with Crippen molar-refractivity contribution in [3.63, 3.8) is 0 Å². The Morgan fingerprint density at radius 2 is 2.00 bits per heavy atom. The lowest BCUT2D eigenvalue weighted by Crippen LogP contribution is -2.30. The molecule has 0 radical (unpaired) electrons. The molecule has 5 nitrogen and oxygen atoms in total. The number of fused-ring (bicyclic) bond motifs is 1. The predicted molar refractivity (Wildman–Crippen MR) is 73.5 cm³/mol. The molecule has 104 valence electrons. The van der Waals surface area contributed by atoms with Gasteiger partial charge in [-0.3, -0.25) is 4.79 Å². The number of carbonyl (C=O) groups is 1. The van der Waals surface area contributed by atoms with Gasteiger partial charge in [0.2, 0.25) is 0 Å². The summed E-state index contributed by atoms with van der Waals surface area (Å²) in [4.78, 5) is 13.6. The summed E-state index contributed by atoms with van der Waals surface area (Å²) >= 11 is 0. The zero-order valence-corrected chi connectivity index (χ0v) is 11.7. The zero-order valence-electron chi connectivity index (χ0n) is 11.7. The number of rotatable bonds is 1. The van der Waals surface area contributed by atoms with E-state index >= 15 is 0 Å². The van der Waals surface area contributed by atoms with Gasteiger partial charge in [0.25, 0.3) is 5.91 Å². The highest BCUT2D eigenvalue weighted by Crippen LogP contribution is 2.41. The van der Waals surface area contributed by atoms with Crippen LogP contribution in [0.25, 0.3) is 0 Å². The van der Waals surface area contributed by atoms with Gasteiger partial charge in [-0.25, -0.2) is 0 Å². The average Bonchev–Trinajstić information content (AvgIpc) is 2.82. The molecule has 0 aliphatic carbocycles. The molecule has 1 aromatic carbocycles. The Morgan fingerprint density at radius 3 is 2.70 bits per heavy atom. The number of likely N-dealkylation sites (N-methyl/N-ethyl adjacent to an activating group) is 1. The van der Waals surface area contributed by atoms with Gasteiger partial charge in [-0.1, -0.05) is 35.5 Å². The molecule has 0 saturated carbocycles. The topological polar surface area (TPSA) is 55.6 Å². The Bertz CT molecular complexity index is 650. The normalized spacial score (nSPS) is 22.6. The van der Waals surface area contributed by atoms with Gasteiger partial charge in [0, 0.05) is 7.05 Å². The number of aryl methyl sites for hydroxylation is 1. The summed E-state index contributed by atoms with van der Waals surface area (Å²) in [7, 11) is 1.71. The van der Waals surface area contributed by atoms with Gasteiger partial charge >= 0.3 is 0 Å². The van der Waals surface area contributed by atoms with E-state index in [9.17, 15) is 4.79 Å². The minimum atomic E-state index is -0.797. The summed E-state index contributed by atoms with van der Waals surface area (Å²) in [6.45, 7) is 3.72. The van der Waals surface area contributed by atoms with E-state index in [0.29, 0.717) is 17.1 Å². The van der Waals surface area contributed by atoms with E-state index in [1.165, 1.54) is 0 Å². The first-order chi connectivity index (χ1) is 9.54. The highest BCUT2D eigenvalue weighted by molar-refractivity contribution is 5.95. The van der Waals surface area contributed by atoms with E-state index in [1.807, 2.05) is 37.3 Å². The number of benzene rings is 1. The van der Waals surface area contributed by atoms with Crippen LogP contribution in [0.15, 0.2) is 34.9 Å². The Kier molecular flexibility index (Phi) is 2.87. The lowest BCUT2D eigenvalue weighted by atomic mass is 9.91. The summed E-state index contributed by atoms with van der Waals surface area (Å²) in [6.07, 6.45) is 0. The molecule has 1 aliphatic heterocycles. The second-order valence-electron chi connectivity index (χ2n) is 5.08. The largest absolute Gasteiger partial charge is 0.359 e. The van der Waals surface area contributed by atoms with Gasteiger partial charge in [0.1, 0.15) is 23.6 Å². The van der Waals surface area contributed by atoms with Crippen molar-refractivity contribution in [2.75, 3.05) is 18.6 Å². The molecule has 1 amide bonds. The molecule has 1 unspecified atom stereocenters. The fourth-order valence-electron chi connectivity index (χ4n) is 2.55. The average molecular weight is 272 g/mol. The van der Waals surface area contributed by atoms with E-state index < -0.39 is 5.60 Å². The van der Waals surface area contributed by atoms with E-state index in [0.717, 1.165) is 5.56 Å². The quantitative estimate of drug-likeness (QED) is 0.799. The summed E-state index contributed by atoms with van der Waals surface area (Å²) < 4.78 is 11.2. The van der Waals surface area contributed by atoms with Crippen molar-refractivity contribution in [3.8, 4) is 0 Å². The van der Waals surface area contributed by atoms with Gasteiger partial charge in [-0.2, -0.15) is 0 Å². The maximum atomic E-state index is 12.1. The highest BCUT2D eigenvalue weighted by atomic mass is 16.5. The third kappa shape index (κ3) is 1.74. The number of amides is 1. The molecule has 20 heavy (non-hydrogen) atoms. The van der Waals surface area contributed by atoms with Crippen molar-refractivity contribution < 1.29 is 14.1 Å². The van der Waals surface area contributed by atoms with Crippen molar-refractivity contribution in [1.29, 1.82) is 0 Å². The molecule has 1 aliphatic rings. The molecule has 0 bridgehead atoms. The first kappa shape index (κ1) is 12.9. The Labute approximate surface area is 117 Å². The van der Waals surface area contributed by atoms with Crippen LogP contribution in [-0.2, 0) is 15.1 Å². The van der Waals surface area contributed by atoms with Crippen LogP contribution in [-0.4, -0.2) is 24.7 Å². The van der Waals surface area contributed by atoms with Crippen LogP contribution in [0.2, 0.25) is 0 Å². The standard InChI is InChI=1S/C15H16N2O3/c1-10-13-14(16-20-10)15(2,11-7-5-4-6-8-11)19-9-12(18)17(13)3/h4-8H,9H2,1-3H3. The van der Waals surface area contributed by atoms with Crippen molar-refractivity contribution in [2.24, 2.45) is 0 Å². The molecule has 2 aromatic rings. The molecular formula is C15H16N2O3. The summed E-state index contributed by atoms with van der Waals surface area (Å²) in [6, 6.07) is 9.74. The van der Waals surface area contributed by atoms with E-state index in [-0.39, 0.29) is 12.5 Å². The minimum Gasteiger partial charge on any atom is -0.359 e. The third-order valence-electron chi connectivity index (χ3n) is 3.80. The van der Waals surface area contributed by atoms with Crippen LogP contribution in [0, 0.1) is 6.92 Å². The summed E-state index contributed by atoms with van der Waals surface area (Å²) in [5.41, 5.74) is 1.47. The summed E-state index contributed by atoms with van der Waals surface area (Å²) in [5, 5.41) is 4.14. The molecular weight excluding hydrogens is 256 g/mol. The lowest BCUT2D eigenvalue weighted by molar-refractivity contribution is -0.126. The zero-order chi connectivity index (χ0) is 14.3. The fraction of sp³-hybridized carbons (Fsp3) is 0.333. The molecule has 1 aromatic heterocycles. The molecule has 2 heterocycles. The lowest BCUT2D eigenvalue weighted by Gasteiger charge is -2.26. The third-order valence-corrected chi connectivity index (χ3v) is 3.80. The summed E-state index contributed by atoms with van der Waals surface area (Å²) in [5.74, 6) is 0.501. The minimum absolute atomic E-state index is 0.0116. The molecule has 1 atom stereocenters. The van der Waals surface area contributed by atoms with Crippen LogP contribution in [0.1, 0.15) is 23.9 Å². The van der Waals surface area contributed by atoms with Gasteiger partial charge in [0.05, 0.1) is 0 Å². The maximum absolute atomic E-state index is 12.1. The number of ether oxygens (including phenoxy) is 1. The van der Waals surface area contributed by atoms with Crippen molar-refractivity contribution in [3.05, 3.63) is 47.3 Å². The van der Waals surface area contributed by atoms with Gasteiger partial charge in [-0.05, 0) is 19.4 Å². The van der Waals surface area contributed by atoms with Crippen molar-refractivity contribution in [1.82, 2.24) is 5.16 Å². The van der Waals surface area contributed by atoms with Gasteiger partial charge in [-0.15, -0.1) is 0 Å². The van der Waals surface area contributed by atoms with Crippen molar-refractivity contribution in [2.45, 2.75) is 19.4 Å². The number of carbonyl (C=O) groups excluding carboxylic acids is 1. The number of hydrogen-bond donors (Lipinski definition) is 0. The molecule has 0 saturated heterocycles. The smallest absolute Gasteiger partial charge is 0.252 e. The predicted octanol–water partition coefficient (Wildman–Crippen LogP) is 2.24. The molecule has 0 fully saturated rings. The number of hydrogen-bond acceptors (Lipinski definition) is 4. The second kappa shape index (κ2) is 4.45. The number of anilines is 1. The Morgan fingerprint density at radius 1 is 1.30 bits per heavy atom. The van der Waals surface area contributed by atoms with E-state index in [2.05, 4.69) is 5.16 Å². The monoisotopic (exact) mass is 272 g/mol. The van der Waals surface area contributed by atoms with Crippen LogP contribution >= 0.6 is 0 Å². The maximum Gasteiger partial charge on any atom is 0.252 e. The number of nitrogens with zero attached hydrogens (tertiary/aromatic N) is 2. The van der Waals surface area contributed by atoms with Crippen molar-refractivity contribution >= 4 is 11.6 Å².